The van der Waals surface area contributed by atoms with Crippen LogP contribution in [0.1, 0.15) is 74.7 Å². The third kappa shape index (κ3) is 10.3. The Balaban J connectivity index is 1.66. The van der Waals surface area contributed by atoms with Crippen LogP contribution in [0.15, 0.2) is 24.4 Å². The van der Waals surface area contributed by atoms with Crippen molar-refractivity contribution in [2.24, 2.45) is 17.8 Å². The molecule has 2 fully saturated rings. The first kappa shape index (κ1) is 46.9. The number of nitrogens with one attached hydrogen (secondary N) is 1. The van der Waals surface area contributed by atoms with E-state index in [0.29, 0.717) is 17.8 Å². The Kier molecular flexibility index (Phi) is 15.4. The lowest BCUT2D eigenvalue weighted by Crippen LogP contribution is -2.63. The standard InChI is InChI=1S/C41H60F2N6O9/c1-12-30-41(8,54)34(44-18-13-14-19-49-22-28(46-47-49)27-16-15-17-31(42)45-27)25(4)32(50)23(2)21-39(6,55-11)36(26(5)35(52)40(7,43)38(53)57-30)58-37-33(51)29(48(9)10)20-24(3)56-37/h15-17,22-26,29-30,33-34,36-37,44,51,54H,12,18-21H2,1-11H3/t23-,24-,25+,26+,29?,30-,33?,34-,36-,37+,39-,40+,41-/m1/s1. The van der Waals surface area contributed by atoms with E-state index in [1.54, 1.807) is 40.0 Å². The first-order chi connectivity index (χ1) is 27.1. The zero-order chi connectivity index (χ0) is 43.3. The van der Waals surface area contributed by atoms with Crippen molar-refractivity contribution < 1.29 is 52.3 Å². The monoisotopic (exact) mass is 818 g/mol. The number of ether oxygens (including phenoxy) is 4. The number of alkyl halides is 1. The summed E-state index contributed by atoms with van der Waals surface area (Å²) in [6, 6.07) is 2.87. The van der Waals surface area contributed by atoms with Gasteiger partial charge in [-0.25, -0.2) is 18.9 Å². The summed E-state index contributed by atoms with van der Waals surface area (Å²) < 4.78 is 55.9. The average molecular weight is 819 g/mol. The van der Waals surface area contributed by atoms with Gasteiger partial charge >= 0.3 is 5.97 Å². The van der Waals surface area contributed by atoms with E-state index in [-0.39, 0.29) is 43.9 Å². The molecule has 13 atom stereocenters. The summed E-state index contributed by atoms with van der Waals surface area (Å²) in [7, 11) is 5.00. The van der Waals surface area contributed by atoms with Gasteiger partial charge in [-0.1, -0.05) is 50.8 Å². The highest BCUT2D eigenvalue weighted by Crippen LogP contribution is 2.39. The summed E-state index contributed by atoms with van der Waals surface area (Å²) in [5.41, 5.74) is -5.99. The summed E-state index contributed by atoms with van der Waals surface area (Å²) in [6.07, 6.45) is -3.45. The van der Waals surface area contributed by atoms with Gasteiger partial charge in [0.25, 0.3) is 5.67 Å². The molecular weight excluding hydrogens is 758 g/mol. The summed E-state index contributed by atoms with van der Waals surface area (Å²) in [5, 5.41) is 34.7. The number of halogens is 2. The van der Waals surface area contributed by atoms with Crippen molar-refractivity contribution in [2.45, 2.75) is 141 Å². The van der Waals surface area contributed by atoms with Gasteiger partial charge in [-0.3, -0.25) is 14.9 Å². The molecule has 17 heteroatoms. The van der Waals surface area contributed by atoms with Crippen LogP contribution < -0.4 is 5.32 Å². The number of nitrogens with zero attached hydrogens (tertiary/aromatic N) is 5. The number of pyridine rings is 1. The van der Waals surface area contributed by atoms with Crippen LogP contribution in [0.3, 0.4) is 0 Å². The van der Waals surface area contributed by atoms with E-state index in [1.165, 1.54) is 37.8 Å². The predicted octanol–water partition coefficient (Wildman–Crippen LogP) is 2.91. The lowest BCUT2D eigenvalue weighted by molar-refractivity contribution is -0.295. The van der Waals surface area contributed by atoms with Gasteiger partial charge in [0.15, 0.2) is 12.1 Å². The molecule has 2 saturated heterocycles. The molecule has 0 saturated carbocycles. The van der Waals surface area contributed by atoms with Crippen LogP contribution in [-0.4, -0.2) is 140 Å². The van der Waals surface area contributed by atoms with Crippen LogP contribution in [0.2, 0.25) is 0 Å². The molecule has 0 aliphatic carbocycles. The molecule has 2 unspecified atom stereocenters. The minimum atomic E-state index is -3.21. The number of aliphatic hydroxyl groups excluding tert-OH is 1. The van der Waals surface area contributed by atoms with Gasteiger partial charge in [0.2, 0.25) is 5.95 Å². The number of hydrogen-bond donors (Lipinski definition) is 3. The molecule has 2 aliphatic rings. The molecule has 0 bridgehead atoms. The van der Waals surface area contributed by atoms with Crippen molar-refractivity contribution in [3.8, 4) is 23.2 Å². The molecule has 0 amide bonds. The van der Waals surface area contributed by atoms with Gasteiger partial charge < -0.3 is 34.1 Å². The number of methoxy groups -OCH3 is 1. The number of likely N-dealkylation sites (N-methyl/N-ethyl adjacent to an activating group) is 1. The number of esters is 1. The third-order valence-corrected chi connectivity index (χ3v) is 11.7. The number of ketones is 2. The maximum Gasteiger partial charge on any atom is 0.351 e. The summed E-state index contributed by atoms with van der Waals surface area (Å²) in [6.45, 7) is 12.1. The lowest BCUT2D eigenvalue weighted by Gasteiger charge is -2.47. The van der Waals surface area contributed by atoms with E-state index in [9.17, 15) is 29.0 Å². The number of aliphatic hydroxyl groups is 2. The first-order valence-electron chi connectivity index (χ1n) is 19.7. The maximum absolute atomic E-state index is 16.7. The van der Waals surface area contributed by atoms with Crippen molar-refractivity contribution in [1.82, 2.24) is 30.2 Å². The Labute approximate surface area is 339 Å². The fraction of sp³-hybridized carbons (Fsp3) is 0.707. The quantitative estimate of drug-likeness (QED) is 0.145. The number of cyclic esters (lactones) is 1. The number of rotatable bonds is 9. The van der Waals surface area contributed by atoms with Crippen molar-refractivity contribution in [2.75, 3.05) is 27.7 Å². The largest absolute Gasteiger partial charge is 0.457 e. The average Bonchev–Trinajstić information content (AvgIpc) is 3.65. The normalized spacial score (nSPS) is 36.9. The van der Waals surface area contributed by atoms with Gasteiger partial charge in [0.1, 0.15) is 35.8 Å². The van der Waals surface area contributed by atoms with E-state index in [1.807, 2.05) is 25.9 Å². The number of carbonyl (C=O) groups excluding carboxylic acids is 3. The van der Waals surface area contributed by atoms with Gasteiger partial charge in [0.05, 0.1) is 36.2 Å². The molecule has 0 spiro atoms. The van der Waals surface area contributed by atoms with Gasteiger partial charge in [0, 0.05) is 36.9 Å². The second-order valence-corrected chi connectivity index (χ2v) is 16.5. The summed E-state index contributed by atoms with van der Waals surface area (Å²) in [5.74, 6) is -0.844. The van der Waals surface area contributed by atoms with Crippen LogP contribution in [0.5, 0.6) is 0 Å². The molecule has 322 valence electrons. The fourth-order valence-corrected chi connectivity index (χ4v) is 8.24. The smallest absolute Gasteiger partial charge is 0.351 e. The fourth-order valence-electron chi connectivity index (χ4n) is 8.24. The zero-order valence-corrected chi connectivity index (χ0v) is 35.4. The van der Waals surface area contributed by atoms with Crippen LogP contribution in [0.4, 0.5) is 8.78 Å². The molecule has 0 aromatic carbocycles. The zero-order valence-electron chi connectivity index (χ0n) is 35.4. The molecule has 2 aromatic rings. The Morgan fingerprint density at radius 1 is 1.09 bits per heavy atom. The van der Waals surface area contributed by atoms with Crippen molar-refractivity contribution in [3.63, 3.8) is 0 Å². The molecule has 4 rings (SSSR count). The van der Waals surface area contributed by atoms with E-state index in [0.717, 1.165) is 6.92 Å². The molecule has 15 nitrogen and oxygen atoms in total. The molecule has 2 aliphatic heterocycles. The lowest BCUT2D eigenvalue weighted by atomic mass is 9.73. The van der Waals surface area contributed by atoms with E-state index < -0.39 is 83.0 Å². The number of Topliss-reactive ketones (excluding diaryl/α,β-unsaturated/α-hetero) is 2. The topological polar surface area (TPSA) is 187 Å². The summed E-state index contributed by atoms with van der Waals surface area (Å²) >= 11 is 0. The highest BCUT2D eigenvalue weighted by atomic mass is 19.1. The Hall–Kier alpha value is -3.76. The van der Waals surface area contributed by atoms with Gasteiger partial charge in [-0.2, -0.15) is 4.39 Å². The highest BCUT2D eigenvalue weighted by molar-refractivity contribution is 6.07. The molecule has 0 radical (unpaired) electrons. The first-order valence-corrected chi connectivity index (χ1v) is 19.7. The minimum Gasteiger partial charge on any atom is -0.457 e. The predicted molar refractivity (Wildman–Crippen MR) is 208 cm³/mol. The van der Waals surface area contributed by atoms with E-state index in [4.69, 9.17) is 18.9 Å². The molecule has 2 aromatic heterocycles. The second kappa shape index (κ2) is 19.1. The highest BCUT2D eigenvalue weighted by Gasteiger charge is 2.56. The third-order valence-electron chi connectivity index (χ3n) is 11.7. The Morgan fingerprint density at radius 3 is 2.40 bits per heavy atom. The second-order valence-electron chi connectivity index (χ2n) is 16.5. The van der Waals surface area contributed by atoms with Crippen LogP contribution in [-0.2, 0) is 39.9 Å². The maximum atomic E-state index is 16.7. The molecule has 4 heterocycles. The van der Waals surface area contributed by atoms with E-state index >= 15 is 4.39 Å². The van der Waals surface area contributed by atoms with Crippen molar-refractivity contribution >= 4 is 17.5 Å². The Bertz CT molecular complexity index is 1810. The molecule has 3 N–H and O–H groups in total. The number of aromatic nitrogens is 4. The SMILES string of the molecule is CC[C@H]1OC(=O)[C@@](C)(F)C(=O)[C@H](C)[C@@H](O[C@@H]2O[C@H](C)CC(N(C)C)C2O)[C@](C)(OC)C[C@@H](C)C(=O)[C@H](C)[C@@H](NCC#CCn2cc(-c3cccc(F)n3)nn2)[C@]1(C)O. The van der Waals surface area contributed by atoms with Crippen LogP contribution >= 0.6 is 0 Å². The van der Waals surface area contributed by atoms with Gasteiger partial charge in [-0.05, 0) is 73.2 Å². The van der Waals surface area contributed by atoms with Crippen LogP contribution in [0, 0.1) is 35.5 Å². The van der Waals surface area contributed by atoms with Gasteiger partial charge in [-0.15, -0.1) is 5.10 Å². The van der Waals surface area contributed by atoms with Crippen LogP contribution in [0.25, 0.3) is 11.4 Å². The summed E-state index contributed by atoms with van der Waals surface area (Å²) in [4.78, 5) is 47.9. The molecule has 58 heavy (non-hydrogen) atoms. The number of carbonyl (C=O) groups is 3. The van der Waals surface area contributed by atoms with Crippen molar-refractivity contribution in [3.05, 3.63) is 30.3 Å². The number of hydrogen-bond acceptors (Lipinski definition) is 14. The Morgan fingerprint density at radius 2 is 1.78 bits per heavy atom. The van der Waals surface area contributed by atoms with E-state index in [2.05, 4.69) is 32.5 Å². The molecular formula is C41H60F2N6O9. The minimum absolute atomic E-state index is 0.00328. The van der Waals surface area contributed by atoms with Crippen molar-refractivity contribution in [1.29, 1.82) is 0 Å².